The molecule has 1 unspecified atom stereocenters. The van der Waals surface area contributed by atoms with Crippen LogP contribution in [0.3, 0.4) is 0 Å². The van der Waals surface area contributed by atoms with E-state index in [1.165, 1.54) is 17.5 Å². The minimum absolute atomic E-state index is 0.450. The number of benzene rings is 1. The Hall–Kier alpha value is -1.06. The highest BCUT2D eigenvalue weighted by molar-refractivity contribution is 5.39. The molecule has 0 radical (unpaired) electrons. The van der Waals surface area contributed by atoms with E-state index in [4.69, 9.17) is 4.74 Å². The van der Waals surface area contributed by atoms with Gasteiger partial charge in [0.1, 0.15) is 5.75 Å². The molecule has 1 heterocycles. The smallest absolute Gasteiger partial charge is 0.122 e. The van der Waals surface area contributed by atoms with Crippen molar-refractivity contribution in [1.82, 2.24) is 10.6 Å². The monoisotopic (exact) mass is 248 g/mol. The Morgan fingerprint density at radius 2 is 2.22 bits per heavy atom. The van der Waals surface area contributed by atoms with Gasteiger partial charge in [-0.05, 0) is 63.5 Å². The molecular weight excluding hydrogens is 224 g/mol. The first-order valence-electron chi connectivity index (χ1n) is 6.92. The second-order valence-corrected chi connectivity index (χ2v) is 4.91. The van der Waals surface area contributed by atoms with Gasteiger partial charge in [0.15, 0.2) is 0 Å². The Balaban J connectivity index is 2.05. The highest BCUT2D eigenvalue weighted by Gasteiger charge is 2.14. The zero-order chi connectivity index (χ0) is 12.8. The predicted molar refractivity (Wildman–Crippen MR) is 75.2 cm³/mol. The maximum atomic E-state index is 5.66. The van der Waals surface area contributed by atoms with Crippen molar-refractivity contribution < 1.29 is 4.74 Å². The number of fused-ring (bicyclic) bond motifs is 1. The van der Waals surface area contributed by atoms with E-state index in [1.807, 2.05) is 14.1 Å². The van der Waals surface area contributed by atoms with Crippen molar-refractivity contribution in [1.29, 1.82) is 0 Å². The maximum Gasteiger partial charge on any atom is 0.122 e. The molecule has 1 aromatic carbocycles. The number of hydrogen-bond acceptors (Lipinski definition) is 3. The van der Waals surface area contributed by atoms with Gasteiger partial charge in [0.05, 0.1) is 6.61 Å². The predicted octanol–water partition coefficient (Wildman–Crippen LogP) is 2.27. The summed E-state index contributed by atoms with van der Waals surface area (Å²) in [4.78, 5) is 0. The standard InChI is InChI=1S/C15H24N2O/c1-16-9-3-6-14(17-2)12-7-8-15-13(11-12)5-4-10-18-15/h7-8,11,14,16-17H,3-6,9-10H2,1-2H3. The first kappa shape index (κ1) is 13.4. The van der Waals surface area contributed by atoms with Crippen LogP contribution in [0.1, 0.15) is 36.4 Å². The van der Waals surface area contributed by atoms with Gasteiger partial charge in [-0.15, -0.1) is 0 Å². The lowest BCUT2D eigenvalue weighted by atomic mass is 9.97. The molecular formula is C15H24N2O. The normalized spacial score (nSPS) is 15.9. The van der Waals surface area contributed by atoms with Gasteiger partial charge in [-0.1, -0.05) is 12.1 Å². The molecule has 1 aliphatic rings. The second kappa shape index (κ2) is 6.76. The van der Waals surface area contributed by atoms with Gasteiger partial charge >= 0.3 is 0 Å². The Kier molecular flexibility index (Phi) is 5.02. The van der Waals surface area contributed by atoms with Crippen LogP contribution >= 0.6 is 0 Å². The first-order valence-corrected chi connectivity index (χ1v) is 6.92. The maximum absolute atomic E-state index is 5.66. The van der Waals surface area contributed by atoms with E-state index in [2.05, 4.69) is 28.8 Å². The van der Waals surface area contributed by atoms with Crippen molar-refractivity contribution in [3.63, 3.8) is 0 Å². The van der Waals surface area contributed by atoms with Gasteiger partial charge in [0.2, 0.25) is 0 Å². The summed E-state index contributed by atoms with van der Waals surface area (Å²) < 4.78 is 5.66. The topological polar surface area (TPSA) is 33.3 Å². The molecule has 0 saturated carbocycles. The Bertz CT molecular complexity index is 379. The molecule has 0 spiro atoms. The van der Waals surface area contributed by atoms with Crippen LogP contribution in [0.4, 0.5) is 0 Å². The van der Waals surface area contributed by atoms with E-state index in [0.717, 1.165) is 38.2 Å². The van der Waals surface area contributed by atoms with Crippen molar-refractivity contribution in [2.75, 3.05) is 27.2 Å². The molecule has 0 bridgehead atoms. The van der Waals surface area contributed by atoms with Crippen LogP contribution in [0.5, 0.6) is 5.75 Å². The number of aryl methyl sites for hydroxylation is 1. The van der Waals surface area contributed by atoms with E-state index in [-0.39, 0.29) is 0 Å². The lowest BCUT2D eigenvalue weighted by Gasteiger charge is -2.21. The number of ether oxygens (including phenoxy) is 1. The molecule has 0 aliphatic carbocycles. The SMILES string of the molecule is CNCCCC(NC)c1ccc2c(c1)CCCO2. The third-order valence-electron chi connectivity index (χ3n) is 3.60. The van der Waals surface area contributed by atoms with Crippen LogP contribution in [0.25, 0.3) is 0 Å². The second-order valence-electron chi connectivity index (χ2n) is 4.91. The molecule has 18 heavy (non-hydrogen) atoms. The average molecular weight is 248 g/mol. The van der Waals surface area contributed by atoms with Gasteiger partial charge < -0.3 is 15.4 Å². The third kappa shape index (κ3) is 3.24. The van der Waals surface area contributed by atoms with Crippen molar-refractivity contribution in [2.45, 2.75) is 31.7 Å². The van der Waals surface area contributed by atoms with Gasteiger partial charge in [0.25, 0.3) is 0 Å². The molecule has 100 valence electrons. The number of rotatable bonds is 6. The fourth-order valence-electron chi connectivity index (χ4n) is 2.56. The van der Waals surface area contributed by atoms with Crippen LogP contribution in [0, 0.1) is 0 Å². The van der Waals surface area contributed by atoms with Crippen LogP contribution in [-0.4, -0.2) is 27.2 Å². The van der Waals surface area contributed by atoms with E-state index in [0.29, 0.717) is 6.04 Å². The molecule has 3 nitrogen and oxygen atoms in total. The van der Waals surface area contributed by atoms with Crippen molar-refractivity contribution in [2.24, 2.45) is 0 Å². The molecule has 0 saturated heterocycles. The Morgan fingerprint density at radius 3 is 3.00 bits per heavy atom. The molecule has 1 aliphatic heterocycles. The number of nitrogens with one attached hydrogen (secondary N) is 2. The molecule has 0 amide bonds. The quantitative estimate of drug-likeness (QED) is 0.758. The summed E-state index contributed by atoms with van der Waals surface area (Å²) in [6.07, 6.45) is 4.64. The molecule has 2 rings (SSSR count). The molecule has 1 aromatic rings. The first-order chi connectivity index (χ1) is 8.85. The zero-order valence-corrected chi connectivity index (χ0v) is 11.5. The van der Waals surface area contributed by atoms with Crippen LogP contribution < -0.4 is 15.4 Å². The summed E-state index contributed by atoms with van der Waals surface area (Å²) in [6, 6.07) is 7.09. The average Bonchev–Trinajstić information content (AvgIpc) is 2.43. The lowest BCUT2D eigenvalue weighted by molar-refractivity contribution is 0.288. The number of hydrogen-bond donors (Lipinski definition) is 2. The van der Waals surface area contributed by atoms with Crippen molar-refractivity contribution in [3.05, 3.63) is 29.3 Å². The Labute approximate surface area is 110 Å². The zero-order valence-electron chi connectivity index (χ0n) is 11.5. The van der Waals surface area contributed by atoms with Gasteiger partial charge in [-0.3, -0.25) is 0 Å². The van der Waals surface area contributed by atoms with Gasteiger partial charge in [-0.25, -0.2) is 0 Å². The summed E-state index contributed by atoms with van der Waals surface area (Å²) in [5.41, 5.74) is 2.76. The highest BCUT2D eigenvalue weighted by atomic mass is 16.5. The van der Waals surface area contributed by atoms with Crippen LogP contribution in [0.2, 0.25) is 0 Å². The van der Waals surface area contributed by atoms with E-state index < -0.39 is 0 Å². The van der Waals surface area contributed by atoms with Gasteiger partial charge in [-0.2, -0.15) is 0 Å². The van der Waals surface area contributed by atoms with E-state index in [1.54, 1.807) is 0 Å². The summed E-state index contributed by atoms with van der Waals surface area (Å²) in [7, 11) is 4.05. The molecule has 1 atom stereocenters. The molecule has 3 heteroatoms. The Morgan fingerprint density at radius 1 is 1.33 bits per heavy atom. The molecule has 0 fully saturated rings. The van der Waals surface area contributed by atoms with E-state index in [9.17, 15) is 0 Å². The highest BCUT2D eigenvalue weighted by Crippen LogP contribution is 2.29. The molecule has 0 aromatic heterocycles. The van der Waals surface area contributed by atoms with Crippen molar-refractivity contribution in [3.8, 4) is 5.75 Å². The molecule has 2 N–H and O–H groups in total. The van der Waals surface area contributed by atoms with Crippen LogP contribution in [-0.2, 0) is 6.42 Å². The minimum Gasteiger partial charge on any atom is -0.493 e. The fourth-order valence-corrected chi connectivity index (χ4v) is 2.56. The summed E-state index contributed by atoms with van der Waals surface area (Å²) in [5, 5.41) is 6.62. The van der Waals surface area contributed by atoms with Gasteiger partial charge in [0, 0.05) is 6.04 Å². The fraction of sp³-hybridized carbons (Fsp3) is 0.600. The summed E-state index contributed by atoms with van der Waals surface area (Å²) >= 11 is 0. The lowest BCUT2D eigenvalue weighted by Crippen LogP contribution is -2.19. The minimum atomic E-state index is 0.450. The largest absolute Gasteiger partial charge is 0.493 e. The summed E-state index contributed by atoms with van der Waals surface area (Å²) in [6.45, 7) is 1.94. The van der Waals surface area contributed by atoms with Crippen molar-refractivity contribution >= 4 is 0 Å². The van der Waals surface area contributed by atoms with Crippen LogP contribution in [0.15, 0.2) is 18.2 Å². The summed E-state index contributed by atoms with van der Waals surface area (Å²) in [5.74, 6) is 1.08. The van der Waals surface area contributed by atoms with E-state index >= 15 is 0 Å². The third-order valence-corrected chi connectivity index (χ3v) is 3.60.